The summed E-state index contributed by atoms with van der Waals surface area (Å²) in [7, 11) is -3.42. The summed E-state index contributed by atoms with van der Waals surface area (Å²) in [5, 5.41) is 3.11. The molecular formula is C21H19F3N2O3S2. The Morgan fingerprint density at radius 3 is 2.32 bits per heavy atom. The summed E-state index contributed by atoms with van der Waals surface area (Å²) in [5.74, 6) is -0.499. The number of nitrogens with zero attached hydrogens (tertiary/aromatic N) is 1. The van der Waals surface area contributed by atoms with Crippen LogP contribution in [0.5, 0.6) is 0 Å². The molecule has 0 spiro atoms. The number of sulfone groups is 1. The Morgan fingerprint density at radius 2 is 1.71 bits per heavy atom. The Bertz CT molecular complexity index is 1160. The largest absolute Gasteiger partial charge is 0.416 e. The highest BCUT2D eigenvalue weighted by Gasteiger charge is 2.30. The molecular weight excluding hydrogens is 449 g/mol. The van der Waals surface area contributed by atoms with Gasteiger partial charge in [-0.2, -0.15) is 13.2 Å². The number of thiazole rings is 1. The van der Waals surface area contributed by atoms with Crippen molar-refractivity contribution in [1.29, 1.82) is 0 Å². The van der Waals surface area contributed by atoms with Crippen LogP contribution in [0.25, 0.3) is 10.6 Å². The van der Waals surface area contributed by atoms with E-state index in [-0.39, 0.29) is 23.6 Å². The van der Waals surface area contributed by atoms with Gasteiger partial charge in [-0.15, -0.1) is 11.3 Å². The number of alkyl halides is 3. The van der Waals surface area contributed by atoms with Gasteiger partial charge in [-0.05, 0) is 37.6 Å². The fourth-order valence-corrected chi connectivity index (χ4v) is 5.14. The molecule has 10 heteroatoms. The highest BCUT2D eigenvalue weighted by molar-refractivity contribution is 7.91. The lowest BCUT2D eigenvalue weighted by molar-refractivity contribution is -0.137. The minimum Gasteiger partial charge on any atom is -0.351 e. The smallest absolute Gasteiger partial charge is 0.351 e. The average molecular weight is 469 g/mol. The standard InChI is InChI=1S/C21H19F3N2O3S2/c1-14-18(30-20(26-14)15-8-10-16(11-9-15)21(22,23)24)19(27)25-12-5-13-31(28,29)17-6-3-2-4-7-17/h2-4,6-11H,5,12-13H2,1H3,(H,25,27). The maximum Gasteiger partial charge on any atom is 0.416 e. The molecule has 0 saturated heterocycles. The monoisotopic (exact) mass is 468 g/mol. The third-order valence-corrected chi connectivity index (χ3v) is 7.46. The van der Waals surface area contributed by atoms with Crippen LogP contribution in [-0.2, 0) is 16.0 Å². The van der Waals surface area contributed by atoms with Crippen LogP contribution in [0.4, 0.5) is 13.2 Å². The van der Waals surface area contributed by atoms with E-state index < -0.39 is 27.5 Å². The second-order valence-electron chi connectivity index (χ2n) is 6.75. The molecule has 1 N–H and O–H groups in total. The van der Waals surface area contributed by atoms with E-state index in [9.17, 15) is 26.4 Å². The predicted molar refractivity (Wildman–Crippen MR) is 113 cm³/mol. The summed E-state index contributed by atoms with van der Waals surface area (Å²) < 4.78 is 62.6. The van der Waals surface area contributed by atoms with Crippen LogP contribution in [-0.4, -0.2) is 31.6 Å². The van der Waals surface area contributed by atoms with Crippen molar-refractivity contribution in [1.82, 2.24) is 10.3 Å². The lowest BCUT2D eigenvalue weighted by Gasteiger charge is -2.06. The summed E-state index contributed by atoms with van der Waals surface area (Å²) in [6.07, 6.45) is -4.18. The second-order valence-corrected chi connectivity index (χ2v) is 9.86. The van der Waals surface area contributed by atoms with Gasteiger partial charge in [-0.25, -0.2) is 13.4 Å². The number of benzene rings is 2. The first-order valence-corrected chi connectivity index (χ1v) is 11.8. The van der Waals surface area contributed by atoms with Crippen LogP contribution in [0.1, 0.15) is 27.3 Å². The number of hydrogen-bond acceptors (Lipinski definition) is 5. The number of amides is 1. The van der Waals surface area contributed by atoms with Gasteiger partial charge in [-0.3, -0.25) is 4.79 Å². The SMILES string of the molecule is Cc1nc(-c2ccc(C(F)(F)F)cc2)sc1C(=O)NCCCS(=O)(=O)c1ccccc1. The van der Waals surface area contributed by atoms with Crippen molar-refractivity contribution in [2.45, 2.75) is 24.4 Å². The molecule has 3 rings (SSSR count). The summed E-state index contributed by atoms with van der Waals surface area (Å²) in [6, 6.07) is 12.7. The summed E-state index contributed by atoms with van der Waals surface area (Å²) >= 11 is 1.07. The van der Waals surface area contributed by atoms with Gasteiger partial charge < -0.3 is 5.32 Å². The van der Waals surface area contributed by atoms with Crippen molar-refractivity contribution < 1.29 is 26.4 Å². The van der Waals surface area contributed by atoms with Crippen LogP contribution in [0.3, 0.4) is 0 Å². The van der Waals surface area contributed by atoms with Crippen molar-refractivity contribution in [2.24, 2.45) is 0 Å². The van der Waals surface area contributed by atoms with Crippen LogP contribution in [0.2, 0.25) is 0 Å². The topological polar surface area (TPSA) is 76.1 Å². The highest BCUT2D eigenvalue weighted by Crippen LogP contribution is 2.33. The Labute approximate surface area is 181 Å². The second kappa shape index (κ2) is 9.19. The fourth-order valence-electron chi connectivity index (χ4n) is 2.82. The van der Waals surface area contributed by atoms with E-state index in [1.807, 2.05) is 0 Å². The highest BCUT2D eigenvalue weighted by atomic mass is 32.2. The van der Waals surface area contributed by atoms with E-state index in [1.165, 1.54) is 24.3 Å². The zero-order chi connectivity index (χ0) is 22.6. The van der Waals surface area contributed by atoms with Gasteiger partial charge in [0.25, 0.3) is 5.91 Å². The first-order valence-electron chi connectivity index (χ1n) is 9.29. The molecule has 0 radical (unpaired) electrons. The van der Waals surface area contributed by atoms with Crippen molar-refractivity contribution >= 4 is 27.1 Å². The van der Waals surface area contributed by atoms with Gasteiger partial charge in [0.1, 0.15) is 9.88 Å². The van der Waals surface area contributed by atoms with Gasteiger partial charge in [0.2, 0.25) is 0 Å². The normalized spacial score (nSPS) is 12.0. The van der Waals surface area contributed by atoms with Gasteiger partial charge >= 0.3 is 6.18 Å². The molecule has 0 bridgehead atoms. The van der Waals surface area contributed by atoms with E-state index in [4.69, 9.17) is 0 Å². The molecule has 1 aromatic heterocycles. The number of aryl methyl sites for hydroxylation is 1. The Kier molecular flexibility index (Phi) is 6.80. The minimum atomic E-state index is -4.42. The first kappa shape index (κ1) is 23.0. The van der Waals surface area contributed by atoms with E-state index in [1.54, 1.807) is 25.1 Å². The van der Waals surface area contributed by atoms with Gasteiger partial charge in [-0.1, -0.05) is 30.3 Å². The third-order valence-electron chi connectivity index (χ3n) is 4.44. The number of carbonyl (C=O) groups excluding carboxylic acids is 1. The molecule has 3 aromatic rings. The number of halogens is 3. The molecule has 1 heterocycles. The number of hydrogen-bond donors (Lipinski definition) is 1. The first-order chi connectivity index (χ1) is 14.6. The summed E-state index contributed by atoms with van der Waals surface area (Å²) in [6.45, 7) is 1.80. The van der Waals surface area contributed by atoms with E-state index in [0.717, 1.165) is 23.5 Å². The maximum absolute atomic E-state index is 12.7. The lowest BCUT2D eigenvalue weighted by atomic mass is 10.1. The molecule has 0 aliphatic carbocycles. The Morgan fingerprint density at radius 1 is 1.06 bits per heavy atom. The molecule has 0 atom stereocenters. The number of carbonyl (C=O) groups is 1. The van der Waals surface area contributed by atoms with E-state index >= 15 is 0 Å². The molecule has 0 unspecified atom stereocenters. The predicted octanol–water partition coefficient (Wildman–Crippen LogP) is 4.73. The Balaban J connectivity index is 1.60. The third kappa shape index (κ3) is 5.71. The molecule has 0 aliphatic heterocycles. The molecule has 5 nitrogen and oxygen atoms in total. The van der Waals surface area contributed by atoms with Gasteiger partial charge in [0.05, 0.1) is 21.9 Å². The maximum atomic E-state index is 12.7. The molecule has 164 valence electrons. The lowest BCUT2D eigenvalue weighted by Crippen LogP contribution is -2.25. The van der Waals surface area contributed by atoms with Crippen LogP contribution in [0.15, 0.2) is 59.5 Å². The minimum absolute atomic E-state index is 0.101. The molecule has 0 fully saturated rings. The number of aromatic nitrogens is 1. The van der Waals surface area contributed by atoms with Crippen LogP contribution < -0.4 is 5.32 Å². The molecule has 2 aromatic carbocycles. The van der Waals surface area contributed by atoms with Crippen molar-refractivity contribution in [3.8, 4) is 10.6 Å². The zero-order valence-electron chi connectivity index (χ0n) is 16.4. The summed E-state index contributed by atoms with van der Waals surface area (Å²) in [5.41, 5.74) is 0.177. The zero-order valence-corrected chi connectivity index (χ0v) is 18.1. The van der Waals surface area contributed by atoms with Crippen molar-refractivity contribution in [3.05, 3.63) is 70.7 Å². The fraction of sp³-hybridized carbons (Fsp3) is 0.238. The molecule has 1 amide bonds. The number of rotatable bonds is 7. The van der Waals surface area contributed by atoms with E-state index in [0.29, 0.717) is 21.1 Å². The van der Waals surface area contributed by atoms with E-state index in [2.05, 4.69) is 10.3 Å². The van der Waals surface area contributed by atoms with Crippen LogP contribution in [0, 0.1) is 6.92 Å². The molecule has 31 heavy (non-hydrogen) atoms. The van der Waals surface area contributed by atoms with Gasteiger partial charge in [0, 0.05) is 12.1 Å². The van der Waals surface area contributed by atoms with Crippen LogP contribution >= 0.6 is 11.3 Å². The van der Waals surface area contributed by atoms with Crippen molar-refractivity contribution in [2.75, 3.05) is 12.3 Å². The van der Waals surface area contributed by atoms with Gasteiger partial charge in [0.15, 0.2) is 9.84 Å². The Hall–Kier alpha value is -2.72. The number of nitrogens with one attached hydrogen (secondary N) is 1. The summed E-state index contributed by atoms with van der Waals surface area (Å²) in [4.78, 5) is 17.3. The average Bonchev–Trinajstić information content (AvgIpc) is 3.13. The molecule has 0 saturated carbocycles. The molecule has 0 aliphatic rings. The quantitative estimate of drug-likeness (QED) is 0.509. The van der Waals surface area contributed by atoms with Crippen molar-refractivity contribution in [3.63, 3.8) is 0 Å².